The molecular weight excluding hydrogens is 356 g/mol. The van der Waals surface area contributed by atoms with Crippen LogP contribution in [0.25, 0.3) is 11.4 Å². The summed E-state index contributed by atoms with van der Waals surface area (Å²) in [5.41, 5.74) is 4.52. The number of aromatic nitrogens is 3. The maximum absolute atomic E-state index is 12.6. The molecule has 1 aromatic heterocycles. The number of hydrogen-bond donors (Lipinski definition) is 1. The summed E-state index contributed by atoms with van der Waals surface area (Å²) in [6.45, 7) is 5.21. The molecule has 6 heteroatoms. The van der Waals surface area contributed by atoms with Gasteiger partial charge in [0.05, 0.1) is 0 Å². The molecule has 0 atom stereocenters. The first-order chi connectivity index (χ1) is 13.0. The average Bonchev–Trinajstić information content (AvgIpc) is 3.02. The Morgan fingerprint density at radius 2 is 1.85 bits per heavy atom. The van der Waals surface area contributed by atoms with Crippen molar-refractivity contribution in [1.82, 2.24) is 19.7 Å². The molecule has 1 heterocycles. The lowest BCUT2D eigenvalue weighted by Gasteiger charge is -2.19. The highest BCUT2D eigenvalue weighted by Gasteiger charge is 2.14. The van der Waals surface area contributed by atoms with Crippen LogP contribution in [0.3, 0.4) is 0 Å². The van der Waals surface area contributed by atoms with Gasteiger partial charge >= 0.3 is 0 Å². The smallest absolute Gasteiger partial charge is 0.224 e. The Bertz CT molecular complexity index is 988. The number of hydrogen-bond acceptors (Lipinski definition) is 3. The van der Waals surface area contributed by atoms with Crippen LogP contribution >= 0.6 is 12.2 Å². The molecule has 0 aliphatic carbocycles. The van der Waals surface area contributed by atoms with Gasteiger partial charge in [0.1, 0.15) is 0 Å². The highest BCUT2D eigenvalue weighted by Crippen LogP contribution is 2.18. The Hall–Kier alpha value is -2.73. The largest absolute Gasteiger partial charge is 0.341 e. The molecule has 1 N–H and O–H groups in total. The maximum Gasteiger partial charge on any atom is 0.224 e. The van der Waals surface area contributed by atoms with Crippen LogP contribution in [0, 0.1) is 18.6 Å². The molecule has 3 rings (SSSR count). The summed E-state index contributed by atoms with van der Waals surface area (Å²) in [7, 11) is 1.84. The molecular formula is C21H24N4OS. The number of nitrogens with zero attached hydrogens (tertiary/aromatic N) is 3. The van der Waals surface area contributed by atoms with E-state index in [1.165, 1.54) is 11.1 Å². The standard InChI is InChI=1S/C21H24N4OS/c1-15-8-10-17(11-9-15)20-22-23-21(27)25(20)13-12-19(26)24(3)14-18-7-5-4-6-16(18)2/h4-11H,12-14H2,1-3H3,(H,23,27). The van der Waals surface area contributed by atoms with Gasteiger partial charge in [0.2, 0.25) is 5.91 Å². The van der Waals surface area contributed by atoms with Gasteiger partial charge in [-0.3, -0.25) is 14.5 Å². The summed E-state index contributed by atoms with van der Waals surface area (Å²) in [6, 6.07) is 16.2. The van der Waals surface area contributed by atoms with Gasteiger partial charge in [-0.05, 0) is 37.2 Å². The first-order valence-electron chi connectivity index (χ1n) is 8.96. The van der Waals surface area contributed by atoms with Gasteiger partial charge in [-0.2, -0.15) is 5.10 Å². The van der Waals surface area contributed by atoms with Crippen molar-refractivity contribution in [1.29, 1.82) is 0 Å². The van der Waals surface area contributed by atoms with Gasteiger partial charge in [0.25, 0.3) is 0 Å². The van der Waals surface area contributed by atoms with Gasteiger partial charge in [0.15, 0.2) is 10.6 Å². The predicted octanol–water partition coefficient (Wildman–Crippen LogP) is 4.27. The Morgan fingerprint density at radius 3 is 2.56 bits per heavy atom. The zero-order chi connectivity index (χ0) is 19.4. The van der Waals surface area contributed by atoms with E-state index in [4.69, 9.17) is 12.2 Å². The van der Waals surface area contributed by atoms with Crippen LogP contribution in [-0.2, 0) is 17.9 Å². The average molecular weight is 381 g/mol. The molecule has 0 fully saturated rings. The van der Waals surface area contributed by atoms with Gasteiger partial charge in [-0.15, -0.1) is 0 Å². The molecule has 0 saturated carbocycles. The van der Waals surface area contributed by atoms with Crippen molar-refractivity contribution in [2.45, 2.75) is 33.4 Å². The van der Waals surface area contributed by atoms with Gasteiger partial charge in [0, 0.05) is 32.1 Å². The number of aromatic amines is 1. The SMILES string of the molecule is Cc1ccc(-c2n[nH]c(=S)n2CCC(=O)N(C)Cc2ccccc2C)cc1. The van der Waals surface area contributed by atoms with E-state index in [9.17, 15) is 4.79 Å². The number of carbonyl (C=O) groups excluding carboxylic acids is 1. The number of carbonyl (C=O) groups is 1. The quantitative estimate of drug-likeness (QED) is 0.650. The van der Waals surface area contributed by atoms with Crippen LogP contribution in [0.1, 0.15) is 23.1 Å². The summed E-state index contributed by atoms with van der Waals surface area (Å²) in [5, 5.41) is 7.18. The molecule has 0 unspecified atom stereocenters. The Balaban J connectivity index is 1.69. The number of aryl methyl sites for hydroxylation is 2. The second-order valence-electron chi connectivity index (χ2n) is 6.80. The van der Waals surface area contributed by atoms with E-state index in [1.54, 1.807) is 4.90 Å². The number of H-pyrrole nitrogens is 1. The maximum atomic E-state index is 12.6. The highest BCUT2D eigenvalue weighted by molar-refractivity contribution is 7.71. The third-order valence-electron chi connectivity index (χ3n) is 4.71. The highest BCUT2D eigenvalue weighted by atomic mass is 32.1. The van der Waals surface area contributed by atoms with Gasteiger partial charge in [-0.25, -0.2) is 0 Å². The fraction of sp³-hybridized carbons (Fsp3) is 0.286. The summed E-state index contributed by atoms with van der Waals surface area (Å²) >= 11 is 5.36. The minimum atomic E-state index is 0.0798. The fourth-order valence-corrected chi connectivity index (χ4v) is 3.20. The minimum Gasteiger partial charge on any atom is -0.341 e. The van der Waals surface area contributed by atoms with Gasteiger partial charge in [-0.1, -0.05) is 54.1 Å². The lowest BCUT2D eigenvalue weighted by Crippen LogP contribution is -2.27. The van der Waals surface area contributed by atoms with Gasteiger partial charge < -0.3 is 4.90 Å². The third kappa shape index (κ3) is 4.52. The summed E-state index contributed by atoms with van der Waals surface area (Å²) in [4.78, 5) is 14.4. The van der Waals surface area contributed by atoms with E-state index < -0.39 is 0 Å². The number of rotatable bonds is 6. The van der Waals surface area contributed by atoms with Crippen molar-refractivity contribution in [2.24, 2.45) is 0 Å². The van der Waals surface area contributed by atoms with Crippen molar-refractivity contribution in [2.75, 3.05) is 7.05 Å². The number of nitrogens with one attached hydrogen (secondary N) is 1. The normalized spacial score (nSPS) is 10.8. The van der Waals surface area contributed by atoms with Crippen LogP contribution < -0.4 is 0 Å². The fourth-order valence-electron chi connectivity index (χ4n) is 2.98. The van der Waals surface area contributed by atoms with E-state index >= 15 is 0 Å². The van der Waals surface area contributed by atoms with Crippen LogP contribution in [0.15, 0.2) is 48.5 Å². The molecule has 0 radical (unpaired) electrons. The summed E-state index contributed by atoms with van der Waals surface area (Å²) < 4.78 is 2.42. The number of benzene rings is 2. The second-order valence-corrected chi connectivity index (χ2v) is 7.18. The van der Waals surface area contributed by atoms with Crippen molar-refractivity contribution in [3.63, 3.8) is 0 Å². The summed E-state index contributed by atoms with van der Waals surface area (Å²) in [5.74, 6) is 0.838. The van der Waals surface area contributed by atoms with Crippen LogP contribution in [-0.4, -0.2) is 32.6 Å². The van der Waals surface area contributed by atoms with E-state index in [0.717, 1.165) is 17.0 Å². The van der Waals surface area contributed by atoms with Crippen molar-refractivity contribution in [3.05, 3.63) is 70.0 Å². The third-order valence-corrected chi connectivity index (χ3v) is 5.02. The van der Waals surface area contributed by atoms with Crippen molar-refractivity contribution >= 4 is 18.1 Å². The van der Waals surface area contributed by atoms with Crippen LogP contribution in [0.2, 0.25) is 0 Å². The molecule has 5 nitrogen and oxygen atoms in total. The zero-order valence-electron chi connectivity index (χ0n) is 15.9. The second kappa shape index (κ2) is 8.31. The molecule has 27 heavy (non-hydrogen) atoms. The number of amides is 1. The predicted molar refractivity (Wildman–Crippen MR) is 110 cm³/mol. The lowest BCUT2D eigenvalue weighted by molar-refractivity contribution is -0.130. The molecule has 0 spiro atoms. The molecule has 0 saturated heterocycles. The van der Waals surface area contributed by atoms with E-state index in [2.05, 4.69) is 29.3 Å². The van der Waals surface area contributed by atoms with E-state index in [0.29, 0.717) is 24.3 Å². The molecule has 3 aromatic rings. The topological polar surface area (TPSA) is 53.9 Å². The monoisotopic (exact) mass is 380 g/mol. The zero-order valence-corrected chi connectivity index (χ0v) is 16.7. The first kappa shape index (κ1) is 19.0. The van der Waals surface area contributed by atoms with Crippen LogP contribution in [0.4, 0.5) is 0 Å². The van der Waals surface area contributed by atoms with E-state index in [1.807, 2.05) is 54.9 Å². The first-order valence-corrected chi connectivity index (χ1v) is 9.37. The lowest BCUT2D eigenvalue weighted by atomic mass is 10.1. The van der Waals surface area contributed by atoms with Crippen molar-refractivity contribution in [3.8, 4) is 11.4 Å². The minimum absolute atomic E-state index is 0.0798. The molecule has 140 valence electrons. The van der Waals surface area contributed by atoms with E-state index in [-0.39, 0.29) is 5.91 Å². The Morgan fingerprint density at radius 1 is 1.15 bits per heavy atom. The molecule has 0 aliphatic heterocycles. The van der Waals surface area contributed by atoms with Crippen LogP contribution in [0.5, 0.6) is 0 Å². The molecule has 2 aromatic carbocycles. The summed E-state index contributed by atoms with van der Waals surface area (Å²) in [6.07, 6.45) is 0.370. The Labute approximate surface area is 164 Å². The molecule has 1 amide bonds. The Kier molecular flexibility index (Phi) is 5.86. The van der Waals surface area contributed by atoms with Crippen molar-refractivity contribution < 1.29 is 4.79 Å². The molecule has 0 bridgehead atoms. The molecule has 0 aliphatic rings.